The number of carboxylic acid groups (broad SMARTS) is 1. The fraction of sp³-hybridized carbons (Fsp3) is 0.500. The summed E-state index contributed by atoms with van der Waals surface area (Å²) in [5.74, 6) is -0.995. The first-order valence-electron chi connectivity index (χ1n) is 6.07. The predicted octanol–water partition coefficient (Wildman–Crippen LogP) is 2.81. The molecule has 0 amide bonds. The van der Waals surface area contributed by atoms with Crippen molar-refractivity contribution in [3.05, 3.63) is 23.8 Å². The molecule has 0 saturated heterocycles. The first-order valence-corrected chi connectivity index (χ1v) is 6.07. The molecular weight excluding hydrogens is 228 g/mol. The molecular formula is C14H20N2O2. The van der Waals surface area contributed by atoms with Gasteiger partial charge in [0.2, 0.25) is 0 Å². The predicted molar refractivity (Wildman–Crippen MR) is 72.8 cm³/mol. The van der Waals surface area contributed by atoms with Crippen LogP contribution in [0.5, 0.6) is 0 Å². The second-order valence-corrected chi connectivity index (χ2v) is 6.13. The number of carbonyl (C=O) groups is 1. The molecule has 0 aromatic heterocycles. The SMILES string of the molecule is CC1(C)C(Nc2ccc(N)c(C(=O)O)c2)C1(C)C. The fourth-order valence-electron chi connectivity index (χ4n) is 2.56. The Morgan fingerprint density at radius 2 is 1.83 bits per heavy atom. The number of hydrogen-bond acceptors (Lipinski definition) is 3. The second kappa shape index (κ2) is 3.64. The van der Waals surface area contributed by atoms with E-state index in [-0.39, 0.29) is 16.4 Å². The second-order valence-electron chi connectivity index (χ2n) is 6.13. The van der Waals surface area contributed by atoms with Gasteiger partial charge in [-0.3, -0.25) is 0 Å². The van der Waals surface area contributed by atoms with Crippen molar-refractivity contribution in [3.8, 4) is 0 Å². The Balaban J connectivity index is 2.22. The van der Waals surface area contributed by atoms with E-state index in [0.29, 0.717) is 11.7 Å². The molecule has 0 aliphatic heterocycles. The number of anilines is 2. The van der Waals surface area contributed by atoms with Crippen molar-refractivity contribution in [2.45, 2.75) is 33.7 Å². The molecule has 4 heteroatoms. The van der Waals surface area contributed by atoms with E-state index in [9.17, 15) is 4.79 Å². The highest BCUT2D eigenvalue weighted by molar-refractivity contribution is 5.94. The van der Waals surface area contributed by atoms with Crippen molar-refractivity contribution in [2.24, 2.45) is 10.8 Å². The number of aromatic carboxylic acids is 1. The molecule has 0 heterocycles. The number of nitrogens with one attached hydrogen (secondary N) is 1. The van der Waals surface area contributed by atoms with Gasteiger partial charge in [-0.15, -0.1) is 0 Å². The average Bonchev–Trinajstić information content (AvgIpc) is 2.63. The van der Waals surface area contributed by atoms with Crippen molar-refractivity contribution in [1.29, 1.82) is 0 Å². The van der Waals surface area contributed by atoms with E-state index in [1.807, 2.05) is 6.07 Å². The monoisotopic (exact) mass is 248 g/mol. The molecule has 4 nitrogen and oxygen atoms in total. The zero-order chi connectivity index (χ0) is 13.7. The summed E-state index contributed by atoms with van der Waals surface area (Å²) in [5, 5.41) is 12.4. The van der Waals surface area contributed by atoms with Gasteiger partial charge in [0.25, 0.3) is 0 Å². The number of rotatable bonds is 3. The summed E-state index contributed by atoms with van der Waals surface area (Å²) >= 11 is 0. The van der Waals surface area contributed by atoms with E-state index in [1.165, 1.54) is 0 Å². The lowest BCUT2D eigenvalue weighted by molar-refractivity contribution is 0.0698. The van der Waals surface area contributed by atoms with Gasteiger partial charge in [-0.2, -0.15) is 0 Å². The van der Waals surface area contributed by atoms with Gasteiger partial charge in [0.1, 0.15) is 0 Å². The lowest BCUT2D eigenvalue weighted by Gasteiger charge is -2.10. The molecule has 1 saturated carbocycles. The van der Waals surface area contributed by atoms with E-state index in [4.69, 9.17) is 10.8 Å². The van der Waals surface area contributed by atoms with Gasteiger partial charge in [-0.25, -0.2) is 4.79 Å². The third-order valence-electron chi connectivity index (χ3n) is 4.62. The largest absolute Gasteiger partial charge is 0.478 e. The molecule has 2 rings (SSSR count). The molecule has 4 N–H and O–H groups in total. The minimum absolute atomic E-state index is 0.149. The van der Waals surface area contributed by atoms with Gasteiger partial charge < -0.3 is 16.2 Å². The highest BCUT2D eigenvalue weighted by Crippen LogP contribution is 2.63. The molecule has 0 spiro atoms. The maximum atomic E-state index is 11.0. The van der Waals surface area contributed by atoms with Crippen LogP contribution >= 0.6 is 0 Å². The minimum atomic E-state index is -0.995. The lowest BCUT2D eigenvalue weighted by atomic mass is 10.0. The Morgan fingerprint density at radius 3 is 2.28 bits per heavy atom. The Kier molecular flexibility index (Phi) is 2.58. The molecule has 0 radical (unpaired) electrons. The number of hydrogen-bond donors (Lipinski definition) is 3. The normalized spacial score (nSPS) is 20.4. The van der Waals surface area contributed by atoms with E-state index in [0.717, 1.165) is 5.69 Å². The summed E-state index contributed by atoms with van der Waals surface area (Å²) in [6.45, 7) is 8.83. The summed E-state index contributed by atoms with van der Waals surface area (Å²) < 4.78 is 0. The summed E-state index contributed by atoms with van der Waals surface area (Å²) in [5.41, 5.74) is 7.30. The third kappa shape index (κ3) is 1.72. The number of benzene rings is 1. The van der Waals surface area contributed by atoms with E-state index < -0.39 is 5.97 Å². The smallest absolute Gasteiger partial charge is 0.337 e. The topological polar surface area (TPSA) is 75.3 Å². The number of nitrogens with two attached hydrogens (primary N) is 1. The van der Waals surface area contributed by atoms with Crippen LogP contribution in [0.1, 0.15) is 38.1 Å². The van der Waals surface area contributed by atoms with E-state index >= 15 is 0 Å². The molecule has 18 heavy (non-hydrogen) atoms. The summed E-state index contributed by atoms with van der Waals surface area (Å²) in [6.07, 6.45) is 0. The standard InChI is InChI=1S/C14H20N2O2/c1-13(2)12(14(13,3)4)16-8-5-6-10(15)9(7-8)11(17)18/h5-7,12,16H,15H2,1-4H3,(H,17,18). The van der Waals surface area contributed by atoms with Crippen LogP contribution in [-0.4, -0.2) is 17.1 Å². The molecule has 0 atom stereocenters. The van der Waals surface area contributed by atoms with Gasteiger partial charge in [0.05, 0.1) is 5.56 Å². The van der Waals surface area contributed by atoms with E-state index in [1.54, 1.807) is 12.1 Å². The highest BCUT2D eigenvalue weighted by atomic mass is 16.4. The van der Waals surface area contributed by atoms with Crippen molar-refractivity contribution in [2.75, 3.05) is 11.1 Å². The number of nitrogen functional groups attached to an aromatic ring is 1. The van der Waals surface area contributed by atoms with Crippen LogP contribution in [-0.2, 0) is 0 Å². The highest BCUT2D eigenvalue weighted by Gasteiger charge is 2.64. The fourth-order valence-corrected chi connectivity index (χ4v) is 2.56. The zero-order valence-electron chi connectivity index (χ0n) is 11.2. The van der Waals surface area contributed by atoms with Gasteiger partial charge in [-0.1, -0.05) is 27.7 Å². The van der Waals surface area contributed by atoms with Crippen molar-refractivity contribution >= 4 is 17.3 Å². The first kappa shape index (κ1) is 12.7. The van der Waals surface area contributed by atoms with Crippen molar-refractivity contribution in [3.63, 3.8) is 0 Å². The molecule has 98 valence electrons. The first-order chi connectivity index (χ1) is 8.18. The van der Waals surface area contributed by atoms with Crippen molar-refractivity contribution < 1.29 is 9.90 Å². The van der Waals surface area contributed by atoms with Gasteiger partial charge in [0.15, 0.2) is 0 Å². The molecule has 0 bridgehead atoms. The van der Waals surface area contributed by atoms with Gasteiger partial charge in [0, 0.05) is 17.4 Å². The summed E-state index contributed by atoms with van der Waals surface area (Å²) in [6, 6.07) is 5.40. The molecule has 0 unspecified atom stereocenters. The maximum absolute atomic E-state index is 11.0. The van der Waals surface area contributed by atoms with Crippen LogP contribution in [0, 0.1) is 10.8 Å². The lowest BCUT2D eigenvalue weighted by Crippen LogP contribution is -2.11. The molecule has 1 aliphatic carbocycles. The van der Waals surface area contributed by atoms with Gasteiger partial charge in [-0.05, 0) is 29.0 Å². The van der Waals surface area contributed by atoms with Crippen LogP contribution in [0.25, 0.3) is 0 Å². The van der Waals surface area contributed by atoms with Crippen LogP contribution < -0.4 is 11.1 Å². The Morgan fingerprint density at radius 1 is 1.28 bits per heavy atom. The molecule has 1 aromatic rings. The Hall–Kier alpha value is -1.71. The Bertz CT molecular complexity index is 493. The number of carboxylic acids is 1. The van der Waals surface area contributed by atoms with Gasteiger partial charge >= 0.3 is 5.97 Å². The quantitative estimate of drug-likeness (QED) is 0.719. The average molecular weight is 248 g/mol. The summed E-state index contributed by atoms with van der Waals surface area (Å²) in [4.78, 5) is 11.0. The molecule has 1 fully saturated rings. The van der Waals surface area contributed by atoms with Crippen LogP contribution in [0.3, 0.4) is 0 Å². The van der Waals surface area contributed by atoms with Crippen LogP contribution in [0.4, 0.5) is 11.4 Å². The van der Waals surface area contributed by atoms with Crippen LogP contribution in [0.2, 0.25) is 0 Å². The maximum Gasteiger partial charge on any atom is 0.337 e. The minimum Gasteiger partial charge on any atom is -0.478 e. The summed E-state index contributed by atoms with van der Waals surface area (Å²) in [7, 11) is 0. The third-order valence-corrected chi connectivity index (χ3v) is 4.62. The molecule has 1 aliphatic rings. The van der Waals surface area contributed by atoms with E-state index in [2.05, 4.69) is 33.0 Å². The zero-order valence-corrected chi connectivity index (χ0v) is 11.2. The molecule has 1 aromatic carbocycles. The van der Waals surface area contributed by atoms with Crippen LogP contribution in [0.15, 0.2) is 18.2 Å². The Labute approximate surface area is 107 Å². The van der Waals surface area contributed by atoms with Crippen molar-refractivity contribution in [1.82, 2.24) is 0 Å².